The molecule has 4 rings (SSSR count). The van der Waals surface area contributed by atoms with Gasteiger partial charge in [0, 0.05) is 12.6 Å². The first-order chi connectivity index (χ1) is 14.1. The van der Waals surface area contributed by atoms with Crippen LogP contribution in [0.5, 0.6) is 0 Å². The molecule has 2 aromatic heterocycles. The lowest BCUT2D eigenvalue weighted by Crippen LogP contribution is -2.30. The highest BCUT2D eigenvalue weighted by Crippen LogP contribution is 2.33. The molecule has 0 spiro atoms. The molecule has 2 heterocycles. The first-order valence-electron chi connectivity index (χ1n) is 9.72. The minimum atomic E-state index is 0.0629. The van der Waals surface area contributed by atoms with Crippen molar-refractivity contribution in [2.45, 2.75) is 33.2 Å². The molecule has 0 fully saturated rings. The molecule has 2 aromatic carbocycles. The van der Waals surface area contributed by atoms with Gasteiger partial charge >= 0.3 is 0 Å². The Labute approximate surface area is 174 Å². The number of pyridine rings is 1. The van der Waals surface area contributed by atoms with Gasteiger partial charge in [0.05, 0.1) is 22.5 Å². The standard InChI is InChI=1S/C24H23N3OS/c1-17-14-18(2)23-21(15-17)26-24(29-23)27(16-20-10-6-7-13-25-20)22(28)12-11-19-8-4-3-5-9-19/h3-10,13-15H,11-12,16H2,1-2H3. The number of fused-ring (bicyclic) bond motifs is 1. The lowest BCUT2D eigenvalue weighted by molar-refractivity contribution is -0.118. The van der Waals surface area contributed by atoms with Crippen LogP contribution in [0.2, 0.25) is 0 Å². The maximum absolute atomic E-state index is 13.2. The Balaban J connectivity index is 1.64. The van der Waals surface area contributed by atoms with Gasteiger partial charge in [0.1, 0.15) is 0 Å². The van der Waals surface area contributed by atoms with Crippen LogP contribution in [0.25, 0.3) is 10.2 Å². The average molecular weight is 402 g/mol. The molecule has 0 aliphatic heterocycles. The number of benzene rings is 2. The van der Waals surface area contributed by atoms with Crippen LogP contribution in [0.1, 0.15) is 28.8 Å². The third-order valence-corrected chi connectivity index (χ3v) is 6.09. The molecule has 0 unspecified atom stereocenters. The first-order valence-corrected chi connectivity index (χ1v) is 10.5. The van der Waals surface area contributed by atoms with Gasteiger partial charge in [-0.05, 0) is 55.2 Å². The summed E-state index contributed by atoms with van der Waals surface area (Å²) in [6, 6.07) is 20.1. The highest BCUT2D eigenvalue weighted by molar-refractivity contribution is 7.22. The van der Waals surface area contributed by atoms with E-state index in [1.807, 2.05) is 36.4 Å². The van der Waals surface area contributed by atoms with Crippen LogP contribution in [0.4, 0.5) is 5.13 Å². The Bertz CT molecular complexity index is 1120. The van der Waals surface area contributed by atoms with E-state index in [0.29, 0.717) is 19.4 Å². The van der Waals surface area contributed by atoms with Crippen molar-refractivity contribution in [1.29, 1.82) is 0 Å². The Morgan fingerprint density at radius 1 is 1.03 bits per heavy atom. The summed E-state index contributed by atoms with van der Waals surface area (Å²) in [5.41, 5.74) is 5.34. The molecule has 0 saturated carbocycles. The van der Waals surface area contributed by atoms with E-state index >= 15 is 0 Å². The number of nitrogens with zero attached hydrogens (tertiary/aromatic N) is 3. The Morgan fingerprint density at radius 3 is 2.59 bits per heavy atom. The fourth-order valence-electron chi connectivity index (χ4n) is 3.43. The summed E-state index contributed by atoms with van der Waals surface area (Å²) in [4.78, 5) is 24.2. The van der Waals surface area contributed by atoms with Gasteiger partial charge in [-0.2, -0.15) is 0 Å². The summed E-state index contributed by atoms with van der Waals surface area (Å²) in [6.07, 6.45) is 2.90. The second-order valence-electron chi connectivity index (χ2n) is 7.21. The fourth-order valence-corrected chi connectivity index (χ4v) is 4.46. The summed E-state index contributed by atoms with van der Waals surface area (Å²) in [7, 11) is 0. The van der Waals surface area contributed by atoms with E-state index < -0.39 is 0 Å². The second-order valence-corrected chi connectivity index (χ2v) is 8.19. The lowest BCUT2D eigenvalue weighted by Gasteiger charge is -2.19. The number of hydrogen-bond acceptors (Lipinski definition) is 4. The molecule has 0 atom stereocenters. The number of carbonyl (C=O) groups is 1. The van der Waals surface area contributed by atoms with E-state index in [1.54, 1.807) is 22.4 Å². The summed E-state index contributed by atoms with van der Waals surface area (Å²) >= 11 is 1.58. The molecule has 0 aliphatic rings. The smallest absolute Gasteiger partial charge is 0.229 e. The van der Waals surface area contributed by atoms with E-state index in [-0.39, 0.29) is 5.91 Å². The molecule has 0 saturated heterocycles. The summed E-state index contributed by atoms with van der Waals surface area (Å²) in [5, 5.41) is 0.734. The Hall–Kier alpha value is -3.05. The molecule has 146 valence electrons. The molecule has 1 amide bonds. The van der Waals surface area contributed by atoms with Crippen molar-refractivity contribution in [3.05, 3.63) is 89.2 Å². The van der Waals surface area contributed by atoms with Gasteiger partial charge in [-0.15, -0.1) is 0 Å². The minimum Gasteiger partial charge on any atom is -0.282 e. The third-order valence-electron chi connectivity index (χ3n) is 4.86. The van der Waals surface area contributed by atoms with Crippen molar-refractivity contribution in [1.82, 2.24) is 9.97 Å². The number of carbonyl (C=O) groups excluding carboxylic acids is 1. The van der Waals surface area contributed by atoms with Gasteiger partial charge in [0.25, 0.3) is 0 Å². The molecular weight excluding hydrogens is 378 g/mol. The molecule has 4 nitrogen and oxygen atoms in total. The van der Waals surface area contributed by atoms with Crippen molar-refractivity contribution in [2.24, 2.45) is 0 Å². The van der Waals surface area contributed by atoms with Crippen LogP contribution in [0.15, 0.2) is 66.9 Å². The molecule has 5 heteroatoms. The highest BCUT2D eigenvalue weighted by Gasteiger charge is 2.21. The van der Waals surface area contributed by atoms with E-state index in [4.69, 9.17) is 4.98 Å². The van der Waals surface area contributed by atoms with Crippen LogP contribution in [-0.4, -0.2) is 15.9 Å². The summed E-state index contributed by atoms with van der Waals surface area (Å²) in [5.74, 6) is 0.0629. The topological polar surface area (TPSA) is 46.1 Å². The maximum Gasteiger partial charge on any atom is 0.229 e. The summed E-state index contributed by atoms with van der Waals surface area (Å²) < 4.78 is 1.13. The van der Waals surface area contributed by atoms with E-state index in [0.717, 1.165) is 26.6 Å². The van der Waals surface area contributed by atoms with Crippen LogP contribution in [-0.2, 0) is 17.8 Å². The zero-order chi connectivity index (χ0) is 20.2. The molecule has 0 aliphatic carbocycles. The normalized spacial score (nSPS) is 11.0. The number of aromatic nitrogens is 2. The first kappa shape index (κ1) is 19.3. The average Bonchev–Trinajstić information content (AvgIpc) is 3.16. The van der Waals surface area contributed by atoms with Gasteiger partial charge < -0.3 is 0 Å². The van der Waals surface area contributed by atoms with Gasteiger partial charge in [-0.1, -0.05) is 53.8 Å². The Kier molecular flexibility index (Phi) is 5.67. The number of thiazole rings is 1. The number of aryl methyl sites for hydroxylation is 3. The predicted molar refractivity (Wildman–Crippen MR) is 119 cm³/mol. The fraction of sp³-hybridized carbons (Fsp3) is 0.208. The van der Waals surface area contributed by atoms with E-state index in [2.05, 4.69) is 43.1 Å². The monoisotopic (exact) mass is 401 g/mol. The molecule has 0 radical (unpaired) electrons. The number of rotatable bonds is 6. The molecular formula is C24H23N3OS. The largest absolute Gasteiger partial charge is 0.282 e. The molecule has 0 bridgehead atoms. The molecule has 0 N–H and O–H groups in total. The predicted octanol–water partition coefficient (Wildman–Crippen LogP) is 5.47. The lowest BCUT2D eigenvalue weighted by atomic mass is 10.1. The molecule has 29 heavy (non-hydrogen) atoms. The van der Waals surface area contributed by atoms with Crippen molar-refractivity contribution in [2.75, 3.05) is 4.90 Å². The van der Waals surface area contributed by atoms with Crippen LogP contribution < -0.4 is 4.90 Å². The van der Waals surface area contributed by atoms with Crippen molar-refractivity contribution < 1.29 is 4.79 Å². The Morgan fingerprint density at radius 2 is 1.83 bits per heavy atom. The van der Waals surface area contributed by atoms with Gasteiger partial charge in [0.2, 0.25) is 5.91 Å². The van der Waals surface area contributed by atoms with Crippen LogP contribution in [0, 0.1) is 13.8 Å². The third kappa shape index (κ3) is 4.51. The van der Waals surface area contributed by atoms with E-state index in [9.17, 15) is 4.79 Å². The number of hydrogen-bond donors (Lipinski definition) is 0. The highest BCUT2D eigenvalue weighted by atomic mass is 32.1. The maximum atomic E-state index is 13.2. The van der Waals surface area contributed by atoms with Crippen molar-refractivity contribution in [3.8, 4) is 0 Å². The quantitative estimate of drug-likeness (QED) is 0.430. The molecule has 4 aromatic rings. The van der Waals surface area contributed by atoms with Crippen molar-refractivity contribution in [3.63, 3.8) is 0 Å². The number of anilines is 1. The minimum absolute atomic E-state index is 0.0629. The van der Waals surface area contributed by atoms with E-state index in [1.165, 1.54) is 11.1 Å². The second kappa shape index (κ2) is 8.53. The zero-order valence-electron chi connectivity index (χ0n) is 16.6. The zero-order valence-corrected chi connectivity index (χ0v) is 17.4. The van der Waals surface area contributed by atoms with Gasteiger partial charge in [0.15, 0.2) is 5.13 Å². The SMILES string of the molecule is Cc1cc(C)c2sc(N(Cc3ccccn3)C(=O)CCc3ccccc3)nc2c1. The van der Waals surface area contributed by atoms with Crippen LogP contribution >= 0.6 is 11.3 Å². The number of amides is 1. The van der Waals surface area contributed by atoms with Crippen molar-refractivity contribution >= 4 is 32.6 Å². The van der Waals surface area contributed by atoms with Gasteiger partial charge in [-0.25, -0.2) is 4.98 Å². The van der Waals surface area contributed by atoms with Crippen LogP contribution in [0.3, 0.4) is 0 Å². The van der Waals surface area contributed by atoms with Gasteiger partial charge in [-0.3, -0.25) is 14.7 Å². The summed E-state index contributed by atoms with van der Waals surface area (Å²) in [6.45, 7) is 4.59.